The molecule has 22 heavy (non-hydrogen) atoms. The lowest BCUT2D eigenvalue weighted by Gasteiger charge is -2.58. The molecule has 1 aromatic heterocycles. The molecule has 122 valence electrons. The van der Waals surface area contributed by atoms with Crippen LogP contribution in [0, 0.1) is 18.3 Å². The Hall–Kier alpha value is -0.0200. The van der Waals surface area contributed by atoms with E-state index in [1.165, 1.54) is 11.3 Å². The number of nitrogens with zero attached hydrogens (tertiary/aromatic N) is 2. The van der Waals surface area contributed by atoms with Crippen molar-refractivity contribution in [2.75, 3.05) is 19.8 Å². The third-order valence-electron chi connectivity index (χ3n) is 5.22. The molecule has 2 aliphatic heterocycles. The summed E-state index contributed by atoms with van der Waals surface area (Å²) in [6.07, 6.45) is 4.28. The lowest BCUT2D eigenvalue weighted by molar-refractivity contribution is -0.101. The lowest BCUT2D eigenvalue weighted by Crippen LogP contribution is -2.68. The summed E-state index contributed by atoms with van der Waals surface area (Å²) < 4.78 is 34.2. The van der Waals surface area contributed by atoms with Gasteiger partial charge in [-0.2, -0.15) is 4.31 Å². The molecule has 5 nitrogen and oxygen atoms in total. The van der Waals surface area contributed by atoms with Crippen molar-refractivity contribution in [3.05, 3.63) is 9.48 Å². The smallest absolute Gasteiger partial charge is 0.270 e. The van der Waals surface area contributed by atoms with Gasteiger partial charge < -0.3 is 4.74 Å². The lowest BCUT2D eigenvalue weighted by atomic mass is 9.66. The van der Waals surface area contributed by atoms with Crippen LogP contribution >= 0.6 is 27.3 Å². The Morgan fingerprint density at radius 2 is 2.05 bits per heavy atom. The van der Waals surface area contributed by atoms with Crippen molar-refractivity contribution < 1.29 is 13.2 Å². The van der Waals surface area contributed by atoms with Gasteiger partial charge in [-0.15, -0.1) is 0 Å². The van der Waals surface area contributed by atoms with Gasteiger partial charge in [-0.25, -0.2) is 13.4 Å². The van der Waals surface area contributed by atoms with Crippen molar-refractivity contribution >= 4 is 37.3 Å². The van der Waals surface area contributed by atoms with Crippen LogP contribution in [0.25, 0.3) is 0 Å². The molecule has 1 aromatic rings. The molecule has 0 aromatic carbocycles. The molecular weight excluding hydrogens is 388 g/mol. The van der Waals surface area contributed by atoms with Gasteiger partial charge in [-0.3, -0.25) is 0 Å². The highest BCUT2D eigenvalue weighted by Crippen LogP contribution is 2.56. The second-order valence-electron chi connectivity index (χ2n) is 6.65. The van der Waals surface area contributed by atoms with E-state index in [1.807, 2.05) is 6.92 Å². The second-order valence-corrected chi connectivity index (χ2v) is 11.0. The summed E-state index contributed by atoms with van der Waals surface area (Å²) in [5.74, 6) is 0.533. The summed E-state index contributed by atoms with van der Waals surface area (Å²) in [4.78, 5) is 4.25. The Balaban J connectivity index is 1.65. The van der Waals surface area contributed by atoms with Crippen molar-refractivity contribution in [3.63, 3.8) is 0 Å². The van der Waals surface area contributed by atoms with E-state index in [2.05, 4.69) is 20.9 Å². The molecule has 0 amide bonds. The molecule has 1 atom stereocenters. The van der Waals surface area contributed by atoms with E-state index in [9.17, 15) is 8.42 Å². The number of rotatable bonds is 3. The monoisotopic (exact) mass is 406 g/mol. The number of halogens is 1. The molecule has 8 heteroatoms. The largest absolute Gasteiger partial charge is 0.381 e. The third kappa shape index (κ3) is 2.30. The maximum atomic E-state index is 13.0. The fourth-order valence-corrected chi connectivity index (χ4v) is 7.81. The molecule has 0 bridgehead atoms. The van der Waals surface area contributed by atoms with E-state index in [0.717, 1.165) is 48.4 Å². The van der Waals surface area contributed by atoms with Crippen molar-refractivity contribution in [1.29, 1.82) is 0 Å². The van der Waals surface area contributed by atoms with Crippen LogP contribution in [0.2, 0.25) is 0 Å². The summed E-state index contributed by atoms with van der Waals surface area (Å²) in [6, 6.07) is 0.157. The van der Waals surface area contributed by atoms with Gasteiger partial charge in [-0.05, 0) is 54.5 Å². The van der Waals surface area contributed by atoms with Gasteiger partial charge in [0.25, 0.3) is 10.0 Å². The van der Waals surface area contributed by atoms with Gasteiger partial charge >= 0.3 is 0 Å². The molecule has 1 unspecified atom stereocenters. The van der Waals surface area contributed by atoms with Gasteiger partial charge in [0.2, 0.25) is 4.34 Å². The summed E-state index contributed by atoms with van der Waals surface area (Å²) in [6.45, 7) is 3.99. The number of sulfonamides is 1. The predicted molar refractivity (Wildman–Crippen MR) is 87.4 cm³/mol. The van der Waals surface area contributed by atoms with E-state index in [-0.39, 0.29) is 15.8 Å². The Morgan fingerprint density at radius 1 is 1.36 bits per heavy atom. The summed E-state index contributed by atoms with van der Waals surface area (Å²) in [5.41, 5.74) is 0.892. The molecule has 2 saturated heterocycles. The van der Waals surface area contributed by atoms with Crippen molar-refractivity contribution in [2.45, 2.75) is 43.0 Å². The van der Waals surface area contributed by atoms with Crippen molar-refractivity contribution in [2.24, 2.45) is 11.3 Å². The zero-order valence-corrected chi connectivity index (χ0v) is 15.6. The second kappa shape index (κ2) is 5.24. The van der Waals surface area contributed by atoms with Crippen LogP contribution in [0.1, 0.15) is 31.4 Å². The van der Waals surface area contributed by atoms with Crippen LogP contribution in [0.3, 0.4) is 0 Å². The van der Waals surface area contributed by atoms with Crippen LogP contribution in [-0.4, -0.2) is 43.5 Å². The fourth-order valence-electron chi connectivity index (χ4n) is 3.87. The highest BCUT2D eigenvalue weighted by molar-refractivity contribution is 9.11. The molecule has 0 radical (unpaired) electrons. The van der Waals surface area contributed by atoms with Gasteiger partial charge in [0, 0.05) is 31.2 Å². The number of hydrogen-bond acceptors (Lipinski definition) is 5. The summed E-state index contributed by atoms with van der Waals surface area (Å²) in [5, 5.41) is 0. The van der Waals surface area contributed by atoms with E-state index in [0.29, 0.717) is 12.5 Å². The highest BCUT2D eigenvalue weighted by Gasteiger charge is 2.62. The fraction of sp³-hybridized carbons (Fsp3) is 0.786. The average Bonchev–Trinajstić information content (AvgIpc) is 3.23. The number of hydrogen-bond donors (Lipinski definition) is 0. The maximum absolute atomic E-state index is 13.0. The van der Waals surface area contributed by atoms with E-state index in [4.69, 9.17) is 4.74 Å². The van der Waals surface area contributed by atoms with Crippen LogP contribution < -0.4 is 0 Å². The molecule has 3 aliphatic rings. The maximum Gasteiger partial charge on any atom is 0.270 e. The van der Waals surface area contributed by atoms with Crippen LogP contribution in [0.5, 0.6) is 0 Å². The van der Waals surface area contributed by atoms with Crippen LogP contribution in [-0.2, 0) is 14.8 Å². The minimum Gasteiger partial charge on any atom is -0.381 e. The first kappa shape index (κ1) is 15.5. The van der Waals surface area contributed by atoms with Gasteiger partial charge in [-0.1, -0.05) is 11.3 Å². The predicted octanol–water partition coefficient (Wildman–Crippen LogP) is 2.79. The SMILES string of the molecule is Cc1nc(S(=O)(=O)N2CC3(CCOCC3)C2C2CC2)sc1Br. The zero-order valence-electron chi connectivity index (χ0n) is 12.4. The molecule has 3 fully saturated rings. The van der Waals surface area contributed by atoms with Gasteiger partial charge in [0.05, 0.1) is 9.48 Å². The van der Waals surface area contributed by atoms with Gasteiger partial charge in [0.1, 0.15) is 0 Å². The minimum atomic E-state index is -3.46. The number of ether oxygens (including phenoxy) is 1. The Morgan fingerprint density at radius 3 is 2.59 bits per heavy atom. The van der Waals surface area contributed by atoms with Crippen LogP contribution in [0.15, 0.2) is 8.13 Å². The summed E-state index contributed by atoms with van der Waals surface area (Å²) in [7, 11) is -3.46. The molecule has 0 N–H and O–H groups in total. The molecule has 3 heterocycles. The Labute approximate surface area is 143 Å². The first-order valence-corrected chi connectivity index (χ1v) is 10.7. The number of thiazole rings is 1. The minimum absolute atomic E-state index is 0.149. The molecular formula is C14H19BrN2O3S2. The summed E-state index contributed by atoms with van der Waals surface area (Å²) >= 11 is 4.60. The van der Waals surface area contributed by atoms with E-state index in [1.54, 1.807) is 4.31 Å². The first-order valence-electron chi connectivity index (χ1n) is 7.67. The normalized spacial score (nSPS) is 28.7. The topological polar surface area (TPSA) is 59.5 Å². The highest BCUT2D eigenvalue weighted by atomic mass is 79.9. The molecule has 1 saturated carbocycles. The van der Waals surface area contributed by atoms with E-state index < -0.39 is 10.0 Å². The standard InChI is InChI=1S/C14H19BrN2O3S2/c1-9-12(15)21-13(16-9)22(18,19)17-8-14(4-6-20-7-5-14)11(17)10-2-3-10/h10-11H,2-8H2,1H3. The van der Waals surface area contributed by atoms with E-state index >= 15 is 0 Å². The van der Waals surface area contributed by atoms with Gasteiger partial charge in [0.15, 0.2) is 0 Å². The quantitative estimate of drug-likeness (QED) is 0.773. The van der Waals surface area contributed by atoms with Crippen molar-refractivity contribution in [3.8, 4) is 0 Å². The average molecular weight is 407 g/mol. The zero-order chi connectivity index (χ0) is 15.5. The third-order valence-corrected chi connectivity index (χ3v) is 9.40. The first-order chi connectivity index (χ1) is 10.4. The Bertz CT molecular complexity index is 673. The molecule has 1 spiro atoms. The number of aromatic nitrogens is 1. The van der Waals surface area contributed by atoms with Crippen molar-refractivity contribution in [1.82, 2.24) is 9.29 Å². The molecule has 1 aliphatic carbocycles. The molecule has 4 rings (SSSR count). The number of aryl methyl sites for hydroxylation is 1. The Kier molecular flexibility index (Phi) is 3.69. The van der Waals surface area contributed by atoms with Crippen LogP contribution in [0.4, 0.5) is 0 Å².